The first-order valence-electron chi connectivity index (χ1n) is 7.67. The van der Waals surface area contributed by atoms with Gasteiger partial charge in [0.15, 0.2) is 6.10 Å². The van der Waals surface area contributed by atoms with Crippen molar-refractivity contribution < 1.29 is 14.3 Å². The van der Waals surface area contributed by atoms with E-state index >= 15 is 0 Å². The van der Waals surface area contributed by atoms with Crippen LogP contribution in [0.25, 0.3) is 0 Å². The molecule has 4 heteroatoms. The Bertz CT molecular complexity index is 635. The molecule has 0 heterocycles. The van der Waals surface area contributed by atoms with Crippen LogP contribution < -0.4 is 14.8 Å². The van der Waals surface area contributed by atoms with Gasteiger partial charge in [0, 0.05) is 0 Å². The van der Waals surface area contributed by atoms with Crippen molar-refractivity contribution in [2.45, 2.75) is 32.9 Å². The van der Waals surface area contributed by atoms with Crippen molar-refractivity contribution in [3.8, 4) is 11.5 Å². The third kappa shape index (κ3) is 4.74. The second-order valence-electron chi connectivity index (χ2n) is 5.58. The smallest absolute Gasteiger partial charge is 0.261 e. The number of nitrogens with one attached hydrogen (secondary N) is 1. The Morgan fingerprint density at radius 2 is 1.52 bits per heavy atom. The Balaban J connectivity index is 1.92. The number of carbonyl (C=O) groups excluding carboxylic acids is 1. The summed E-state index contributed by atoms with van der Waals surface area (Å²) >= 11 is 0. The van der Waals surface area contributed by atoms with Gasteiger partial charge in [0.25, 0.3) is 5.91 Å². The summed E-state index contributed by atoms with van der Waals surface area (Å²) < 4.78 is 10.8. The van der Waals surface area contributed by atoms with Crippen LogP contribution in [0.1, 0.15) is 31.0 Å². The van der Waals surface area contributed by atoms with Crippen molar-refractivity contribution in [3.05, 3.63) is 59.7 Å². The number of aryl methyl sites for hydroxylation is 1. The Hall–Kier alpha value is -2.49. The number of benzene rings is 2. The molecule has 0 saturated heterocycles. The average Bonchev–Trinajstić information content (AvgIpc) is 2.56. The van der Waals surface area contributed by atoms with Gasteiger partial charge in [0.05, 0.1) is 13.2 Å². The molecule has 4 nitrogen and oxygen atoms in total. The second kappa shape index (κ2) is 7.68. The Morgan fingerprint density at radius 3 is 2.09 bits per heavy atom. The number of amides is 1. The summed E-state index contributed by atoms with van der Waals surface area (Å²) in [5, 5.41) is 2.97. The van der Waals surface area contributed by atoms with Crippen molar-refractivity contribution in [1.82, 2.24) is 5.32 Å². The van der Waals surface area contributed by atoms with Gasteiger partial charge in [-0.2, -0.15) is 0 Å². The molecular weight excluding hydrogens is 290 g/mol. The molecule has 0 aliphatic carbocycles. The molecule has 2 aromatic carbocycles. The maximum Gasteiger partial charge on any atom is 0.261 e. The van der Waals surface area contributed by atoms with E-state index in [0.717, 1.165) is 11.3 Å². The van der Waals surface area contributed by atoms with Gasteiger partial charge >= 0.3 is 0 Å². The molecule has 0 radical (unpaired) electrons. The van der Waals surface area contributed by atoms with E-state index < -0.39 is 6.10 Å². The maximum atomic E-state index is 12.3. The normalized spacial score (nSPS) is 13.0. The second-order valence-corrected chi connectivity index (χ2v) is 5.58. The highest BCUT2D eigenvalue weighted by molar-refractivity contribution is 5.81. The van der Waals surface area contributed by atoms with Gasteiger partial charge in [-0.05, 0) is 50.6 Å². The summed E-state index contributed by atoms with van der Waals surface area (Å²) in [6, 6.07) is 15.2. The van der Waals surface area contributed by atoms with E-state index in [-0.39, 0.29) is 11.9 Å². The van der Waals surface area contributed by atoms with Gasteiger partial charge in [0.2, 0.25) is 0 Å². The van der Waals surface area contributed by atoms with Crippen molar-refractivity contribution in [2.24, 2.45) is 0 Å². The molecule has 0 aromatic heterocycles. The number of hydrogen-bond donors (Lipinski definition) is 1. The molecule has 0 aliphatic heterocycles. The van der Waals surface area contributed by atoms with E-state index in [9.17, 15) is 4.79 Å². The highest BCUT2D eigenvalue weighted by Gasteiger charge is 2.17. The van der Waals surface area contributed by atoms with E-state index in [1.165, 1.54) is 5.56 Å². The number of carbonyl (C=O) groups is 1. The highest BCUT2D eigenvalue weighted by atomic mass is 16.5. The number of rotatable bonds is 6. The molecule has 1 amide bonds. The lowest BCUT2D eigenvalue weighted by atomic mass is 10.1. The van der Waals surface area contributed by atoms with E-state index in [4.69, 9.17) is 9.47 Å². The zero-order valence-corrected chi connectivity index (χ0v) is 14.0. The SMILES string of the molecule is COc1ccc(O[C@H](C)C(=O)N[C@@H](C)c2ccc(C)cc2)cc1. The molecule has 2 atom stereocenters. The minimum Gasteiger partial charge on any atom is -0.497 e. The molecule has 122 valence electrons. The molecule has 0 unspecified atom stereocenters. The Morgan fingerprint density at radius 1 is 0.957 bits per heavy atom. The fourth-order valence-corrected chi connectivity index (χ4v) is 2.18. The monoisotopic (exact) mass is 313 g/mol. The number of hydrogen-bond acceptors (Lipinski definition) is 3. The zero-order valence-electron chi connectivity index (χ0n) is 14.0. The highest BCUT2D eigenvalue weighted by Crippen LogP contribution is 2.19. The molecule has 0 saturated carbocycles. The fraction of sp³-hybridized carbons (Fsp3) is 0.316. The summed E-state index contributed by atoms with van der Waals surface area (Å²) in [6.07, 6.45) is -0.573. The van der Waals surface area contributed by atoms with Crippen molar-refractivity contribution >= 4 is 5.91 Å². The van der Waals surface area contributed by atoms with Crippen molar-refractivity contribution in [2.75, 3.05) is 7.11 Å². The van der Waals surface area contributed by atoms with Crippen LogP contribution >= 0.6 is 0 Å². The van der Waals surface area contributed by atoms with Gasteiger partial charge in [-0.25, -0.2) is 0 Å². The third-order valence-corrected chi connectivity index (χ3v) is 3.68. The summed E-state index contributed by atoms with van der Waals surface area (Å²) in [7, 11) is 1.61. The van der Waals surface area contributed by atoms with Crippen LogP contribution in [0.15, 0.2) is 48.5 Å². The standard InChI is InChI=1S/C19H23NO3/c1-13-5-7-16(8-6-13)14(2)20-19(21)15(3)23-18-11-9-17(22-4)10-12-18/h5-12,14-15H,1-4H3,(H,20,21)/t14-,15+/m0/s1. The number of methoxy groups -OCH3 is 1. The predicted octanol–water partition coefficient (Wildman–Crippen LogP) is 3.65. The average molecular weight is 313 g/mol. The van der Waals surface area contributed by atoms with Crippen LogP contribution in [0.5, 0.6) is 11.5 Å². The summed E-state index contributed by atoms with van der Waals surface area (Å²) in [4.78, 5) is 12.3. The quantitative estimate of drug-likeness (QED) is 0.885. The first-order chi connectivity index (χ1) is 11.0. The van der Waals surface area contributed by atoms with Gasteiger partial charge in [-0.3, -0.25) is 4.79 Å². The van der Waals surface area contributed by atoms with Gasteiger partial charge in [0.1, 0.15) is 11.5 Å². The summed E-state index contributed by atoms with van der Waals surface area (Å²) in [6.45, 7) is 5.74. The van der Waals surface area contributed by atoms with E-state index in [2.05, 4.69) is 5.32 Å². The Kier molecular flexibility index (Phi) is 5.63. The fourth-order valence-electron chi connectivity index (χ4n) is 2.18. The van der Waals surface area contributed by atoms with E-state index in [0.29, 0.717) is 5.75 Å². The van der Waals surface area contributed by atoms with Crippen LogP contribution in [0.2, 0.25) is 0 Å². The zero-order chi connectivity index (χ0) is 16.8. The van der Waals surface area contributed by atoms with Crippen molar-refractivity contribution in [1.29, 1.82) is 0 Å². The van der Waals surface area contributed by atoms with Crippen LogP contribution in [0.4, 0.5) is 0 Å². The first kappa shape index (κ1) is 16.9. The lowest BCUT2D eigenvalue weighted by Crippen LogP contribution is -2.37. The van der Waals surface area contributed by atoms with Crippen LogP contribution in [0.3, 0.4) is 0 Å². The molecule has 0 bridgehead atoms. The molecule has 0 fully saturated rings. The summed E-state index contributed by atoms with van der Waals surface area (Å²) in [5.74, 6) is 1.24. The van der Waals surface area contributed by atoms with E-state index in [1.807, 2.05) is 38.1 Å². The minimum absolute atomic E-state index is 0.0648. The summed E-state index contributed by atoms with van der Waals surface area (Å²) in [5.41, 5.74) is 2.27. The molecular formula is C19H23NO3. The van der Waals surface area contributed by atoms with Crippen LogP contribution in [-0.2, 0) is 4.79 Å². The van der Waals surface area contributed by atoms with Crippen LogP contribution in [0, 0.1) is 6.92 Å². The Labute approximate surface area is 137 Å². The molecule has 1 N–H and O–H groups in total. The third-order valence-electron chi connectivity index (χ3n) is 3.68. The van der Waals surface area contributed by atoms with Gasteiger partial charge in [-0.15, -0.1) is 0 Å². The van der Waals surface area contributed by atoms with Crippen LogP contribution in [-0.4, -0.2) is 19.1 Å². The van der Waals surface area contributed by atoms with Gasteiger partial charge in [-0.1, -0.05) is 29.8 Å². The lowest BCUT2D eigenvalue weighted by molar-refractivity contribution is -0.127. The molecule has 23 heavy (non-hydrogen) atoms. The molecule has 2 aromatic rings. The van der Waals surface area contributed by atoms with Gasteiger partial charge < -0.3 is 14.8 Å². The molecule has 2 rings (SSSR count). The number of ether oxygens (including phenoxy) is 2. The minimum atomic E-state index is -0.573. The lowest BCUT2D eigenvalue weighted by Gasteiger charge is -2.19. The molecule has 0 spiro atoms. The van der Waals surface area contributed by atoms with E-state index in [1.54, 1.807) is 38.3 Å². The first-order valence-corrected chi connectivity index (χ1v) is 7.67. The molecule has 0 aliphatic rings. The largest absolute Gasteiger partial charge is 0.497 e. The maximum absolute atomic E-state index is 12.3. The van der Waals surface area contributed by atoms with Crippen molar-refractivity contribution in [3.63, 3.8) is 0 Å². The predicted molar refractivity (Wildman–Crippen MR) is 90.8 cm³/mol. The topological polar surface area (TPSA) is 47.6 Å².